The van der Waals surface area contributed by atoms with E-state index in [0.717, 1.165) is 16.0 Å². The summed E-state index contributed by atoms with van der Waals surface area (Å²) in [6.45, 7) is 3.25. The average molecular weight is 501 g/mol. The zero-order valence-electron chi connectivity index (χ0n) is 19.0. The van der Waals surface area contributed by atoms with Crippen LogP contribution in [-0.2, 0) is 0 Å². The van der Waals surface area contributed by atoms with Crippen LogP contribution in [0, 0.1) is 0 Å². The molecule has 0 fully saturated rings. The van der Waals surface area contributed by atoms with Crippen molar-refractivity contribution in [1.29, 1.82) is 0 Å². The van der Waals surface area contributed by atoms with Crippen LogP contribution in [0.5, 0.6) is 0 Å². The van der Waals surface area contributed by atoms with Crippen LogP contribution < -0.4 is 11.1 Å². The number of halogens is 6. The minimum atomic E-state index is -5.02. The van der Waals surface area contributed by atoms with Gasteiger partial charge in [0, 0.05) is 19.2 Å². The van der Waals surface area contributed by atoms with Crippen LogP contribution in [0.1, 0.15) is 38.3 Å². The van der Waals surface area contributed by atoms with Gasteiger partial charge in [-0.25, -0.2) is 9.78 Å². The zero-order valence-corrected chi connectivity index (χ0v) is 19.0. The molecule has 0 radical (unpaired) electrons. The number of hydrogen-bond acceptors (Lipinski definition) is 3. The van der Waals surface area contributed by atoms with Crippen LogP contribution in [0.25, 0.3) is 16.8 Å². The number of urea groups is 1. The summed E-state index contributed by atoms with van der Waals surface area (Å²) in [5.41, 5.74) is 8.79. The highest BCUT2D eigenvalue weighted by atomic mass is 19.4. The molecular formula is C23H25F6N5O. The minimum Gasteiger partial charge on any atom is -0.383 e. The summed E-state index contributed by atoms with van der Waals surface area (Å²) in [5.74, 6) is 0.449. The summed E-state index contributed by atoms with van der Waals surface area (Å²) >= 11 is 0. The van der Waals surface area contributed by atoms with Crippen LogP contribution in [0.3, 0.4) is 0 Å². The van der Waals surface area contributed by atoms with E-state index in [4.69, 9.17) is 5.73 Å². The molecule has 1 aromatic carbocycles. The van der Waals surface area contributed by atoms with Gasteiger partial charge in [0.15, 0.2) is 0 Å². The van der Waals surface area contributed by atoms with Crippen molar-refractivity contribution in [3.63, 3.8) is 0 Å². The fourth-order valence-corrected chi connectivity index (χ4v) is 3.78. The third kappa shape index (κ3) is 6.37. The molecule has 0 unspecified atom stereocenters. The number of rotatable bonds is 7. The number of hydrogen-bond donors (Lipinski definition) is 2. The smallest absolute Gasteiger partial charge is 0.383 e. The standard InChI is InChI=1S/C23H25F6N5O/c1-3-33(21(35)32-18(23(27,28)29)9-10-22(24,25)26)14(2)15-5-4-6-16(11-15)17-7-8-20-31-12-19(30)34(20)13-17/h4-8,11-14,18H,3,9-10,30H2,1-2H3,(H,32,35)/t14-,18+/m1/s1. The van der Waals surface area contributed by atoms with Gasteiger partial charge in [0.25, 0.3) is 0 Å². The van der Waals surface area contributed by atoms with Crippen LogP contribution in [0.2, 0.25) is 0 Å². The Morgan fingerprint density at radius 3 is 2.49 bits per heavy atom. The number of carbonyl (C=O) groups excluding carboxylic acids is 1. The van der Waals surface area contributed by atoms with Crippen LogP contribution in [-0.4, -0.2) is 45.3 Å². The molecule has 2 atom stereocenters. The van der Waals surface area contributed by atoms with E-state index in [1.807, 2.05) is 12.1 Å². The number of pyridine rings is 1. The molecule has 0 saturated heterocycles. The van der Waals surface area contributed by atoms with Gasteiger partial charge in [-0.3, -0.25) is 4.40 Å². The fourth-order valence-electron chi connectivity index (χ4n) is 3.78. The van der Waals surface area contributed by atoms with E-state index in [1.165, 1.54) is 6.20 Å². The molecule has 190 valence electrons. The molecule has 0 saturated carbocycles. The Morgan fingerprint density at radius 1 is 1.14 bits per heavy atom. The maximum absolute atomic E-state index is 13.3. The molecule has 0 aliphatic carbocycles. The molecule has 3 N–H and O–H groups in total. The summed E-state index contributed by atoms with van der Waals surface area (Å²) in [6, 6.07) is 6.35. The van der Waals surface area contributed by atoms with Crippen LogP contribution >= 0.6 is 0 Å². The minimum absolute atomic E-state index is 0.0403. The molecule has 2 heterocycles. The molecule has 3 rings (SSSR count). The van der Waals surface area contributed by atoms with Gasteiger partial charge in [-0.2, -0.15) is 26.3 Å². The van der Waals surface area contributed by atoms with Gasteiger partial charge in [0.05, 0.1) is 12.2 Å². The zero-order chi connectivity index (χ0) is 26.0. The SMILES string of the molecule is CCN(C(=O)N[C@@H](CCC(F)(F)F)C(F)(F)F)[C@H](C)c1cccc(-c2ccc3ncc(N)n3c2)c1. The molecule has 2 aromatic heterocycles. The van der Waals surface area contributed by atoms with E-state index in [1.54, 1.807) is 54.0 Å². The van der Waals surface area contributed by atoms with E-state index >= 15 is 0 Å². The number of nitrogens with two attached hydrogens (primary N) is 1. The lowest BCUT2D eigenvalue weighted by molar-refractivity contribution is -0.171. The first kappa shape index (κ1) is 26.2. The van der Waals surface area contributed by atoms with Crippen LogP contribution in [0.15, 0.2) is 48.8 Å². The Labute approximate surface area is 197 Å². The number of anilines is 1. The first-order valence-corrected chi connectivity index (χ1v) is 10.8. The predicted molar refractivity (Wildman–Crippen MR) is 119 cm³/mol. The first-order chi connectivity index (χ1) is 16.3. The molecule has 0 aliphatic rings. The van der Waals surface area contributed by atoms with Gasteiger partial charge in [-0.15, -0.1) is 0 Å². The topological polar surface area (TPSA) is 75.7 Å². The van der Waals surface area contributed by atoms with Gasteiger partial charge in [0.1, 0.15) is 17.5 Å². The third-order valence-electron chi connectivity index (χ3n) is 5.71. The number of nitrogens with zero attached hydrogens (tertiary/aromatic N) is 3. The van der Waals surface area contributed by atoms with Gasteiger partial charge in [0.2, 0.25) is 0 Å². The van der Waals surface area contributed by atoms with Crippen molar-refractivity contribution in [3.05, 3.63) is 54.4 Å². The normalized spacial score (nSPS) is 14.1. The number of nitrogen functional groups attached to an aromatic ring is 1. The number of aromatic nitrogens is 2. The monoisotopic (exact) mass is 501 g/mol. The number of carbonyl (C=O) groups is 1. The summed E-state index contributed by atoms with van der Waals surface area (Å²) in [5, 5.41) is 1.74. The molecule has 0 bridgehead atoms. The number of amides is 2. The van der Waals surface area contributed by atoms with Gasteiger partial charge in [-0.05, 0) is 55.2 Å². The third-order valence-corrected chi connectivity index (χ3v) is 5.71. The summed E-state index contributed by atoms with van der Waals surface area (Å²) in [7, 11) is 0. The second kappa shape index (κ2) is 10.0. The molecule has 35 heavy (non-hydrogen) atoms. The molecular weight excluding hydrogens is 476 g/mol. The lowest BCUT2D eigenvalue weighted by Crippen LogP contribution is -2.51. The fraction of sp³-hybridized carbons (Fsp3) is 0.391. The Morgan fingerprint density at radius 2 is 1.86 bits per heavy atom. The highest BCUT2D eigenvalue weighted by Gasteiger charge is 2.43. The Bertz CT molecular complexity index is 1170. The van der Waals surface area contributed by atoms with E-state index < -0.39 is 43.3 Å². The van der Waals surface area contributed by atoms with Crippen molar-refractivity contribution in [2.75, 3.05) is 12.3 Å². The highest BCUT2D eigenvalue weighted by Crippen LogP contribution is 2.31. The molecule has 3 aromatic rings. The Kier molecular flexibility index (Phi) is 7.51. The van der Waals surface area contributed by atoms with E-state index in [2.05, 4.69) is 4.98 Å². The van der Waals surface area contributed by atoms with Crippen LogP contribution in [0.4, 0.5) is 37.0 Å². The number of fused-ring (bicyclic) bond motifs is 1. The van der Waals surface area contributed by atoms with E-state index in [9.17, 15) is 31.1 Å². The molecule has 2 amide bonds. The Balaban J connectivity index is 1.81. The van der Waals surface area contributed by atoms with Crippen molar-refractivity contribution in [1.82, 2.24) is 19.6 Å². The summed E-state index contributed by atoms with van der Waals surface area (Å²) in [4.78, 5) is 18.0. The first-order valence-electron chi connectivity index (χ1n) is 10.8. The van der Waals surface area contributed by atoms with Crippen molar-refractivity contribution >= 4 is 17.5 Å². The number of nitrogens with one attached hydrogen (secondary N) is 1. The van der Waals surface area contributed by atoms with E-state index in [0.29, 0.717) is 17.0 Å². The van der Waals surface area contributed by atoms with E-state index in [-0.39, 0.29) is 6.54 Å². The van der Waals surface area contributed by atoms with Crippen molar-refractivity contribution in [3.8, 4) is 11.1 Å². The molecule has 12 heteroatoms. The molecule has 6 nitrogen and oxygen atoms in total. The highest BCUT2D eigenvalue weighted by molar-refractivity contribution is 5.75. The lowest BCUT2D eigenvalue weighted by atomic mass is 10.0. The second-order valence-corrected chi connectivity index (χ2v) is 8.11. The Hall–Kier alpha value is -3.44. The molecule has 0 aliphatic heterocycles. The summed E-state index contributed by atoms with van der Waals surface area (Å²) < 4.78 is 79.0. The molecule has 0 spiro atoms. The van der Waals surface area contributed by atoms with Crippen molar-refractivity contribution < 1.29 is 31.1 Å². The maximum Gasteiger partial charge on any atom is 0.408 e. The number of benzene rings is 1. The van der Waals surface area contributed by atoms with Crippen molar-refractivity contribution in [2.45, 2.75) is 51.1 Å². The van der Waals surface area contributed by atoms with Gasteiger partial charge >= 0.3 is 18.4 Å². The quantitative estimate of drug-likeness (QED) is 0.393. The maximum atomic E-state index is 13.3. The van der Waals surface area contributed by atoms with Crippen molar-refractivity contribution in [2.24, 2.45) is 0 Å². The lowest BCUT2D eigenvalue weighted by Gasteiger charge is -2.31. The summed E-state index contributed by atoms with van der Waals surface area (Å²) in [6.07, 6.45) is -9.42. The van der Waals surface area contributed by atoms with Gasteiger partial charge in [-0.1, -0.05) is 18.2 Å². The average Bonchev–Trinajstić information content (AvgIpc) is 3.15. The second-order valence-electron chi connectivity index (χ2n) is 8.11. The largest absolute Gasteiger partial charge is 0.408 e. The van der Waals surface area contributed by atoms with Gasteiger partial charge < -0.3 is 16.0 Å². The number of alkyl halides is 6. The number of imidazole rings is 1. The predicted octanol–water partition coefficient (Wildman–Crippen LogP) is 5.95.